The van der Waals surface area contributed by atoms with E-state index in [1.54, 1.807) is 19.9 Å². The van der Waals surface area contributed by atoms with Crippen molar-refractivity contribution >= 4 is 41.7 Å². The van der Waals surface area contributed by atoms with Crippen molar-refractivity contribution in [2.45, 2.75) is 23.6 Å². The van der Waals surface area contributed by atoms with Gasteiger partial charge >= 0.3 is 0 Å². The molecule has 160 valence electrons. The summed E-state index contributed by atoms with van der Waals surface area (Å²) >= 11 is 3.24. The smallest absolute Gasteiger partial charge is 0.265 e. The van der Waals surface area contributed by atoms with Gasteiger partial charge < -0.3 is 9.47 Å². The Morgan fingerprint density at radius 3 is 2.07 bits per heavy atom. The van der Waals surface area contributed by atoms with E-state index in [9.17, 15) is 16.8 Å². The van der Waals surface area contributed by atoms with E-state index >= 15 is 0 Å². The van der Waals surface area contributed by atoms with Crippen LogP contribution in [0.1, 0.15) is 13.8 Å². The minimum atomic E-state index is -4.10. The van der Waals surface area contributed by atoms with Crippen LogP contribution in [0.3, 0.4) is 0 Å². The van der Waals surface area contributed by atoms with Crippen molar-refractivity contribution in [2.24, 2.45) is 0 Å². The number of ether oxygens (including phenoxy) is 2. The Balaban J connectivity index is 2.56. The molecule has 0 heterocycles. The number of methoxy groups -OCH3 is 2. The Hall–Kier alpha value is -1.82. The molecule has 0 saturated carbocycles. The number of hydrogen-bond acceptors (Lipinski definition) is 6. The van der Waals surface area contributed by atoms with Crippen LogP contribution in [-0.4, -0.2) is 48.4 Å². The van der Waals surface area contributed by atoms with E-state index < -0.39 is 20.0 Å². The number of halogens is 1. The lowest BCUT2D eigenvalue weighted by Crippen LogP contribution is -2.30. The van der Waals surface area contributed by atoms with Crippen molar-refractivity contribution in [1.82, 2.24) is 4.31 Å². The predicted octanol–water partition coefficient (Wildman–Crippen LogP) is 3.30. The molecule has 2 aromatic carbocycles. The third-order valence-corrected chi connectivity index (χ3v) is 8.10. The van der Waals surface area contributed by atoms with Crippen LogP contribution in [0.5, 0.6) is 11.5 Å². The zero-order chi connectivity index (χ0) is 21.8. The van der Waals surface area contributed by atoms with Gasteiger partial charge in [0.1, 0.15) is 16.4 Å². The first-order valence-electron chi connectivity index (χ1n) is 8.65. The summed E-state index contributed by atoms with van der Waals surface area (Å²) in [6, 6.07) is 8.59. The van der Waals surface area contributed by atoms with E-state index in [0.717, 1.165) is 0 Å². The first kappa shape index (κ1) is 23.5. The van der Waals surface area contributed by atoms with E-state index in [-0.39, 0.29) is 27.0 Å². The van der Waals surface area contributed by atoms with Crippen molar-refractivity contribution in [3.05, 3.63) is 40.9 Å². The fraction of sp³-hybridized carbons (Fsp3) is 0.333. The fourth-order valence-electron chi connectivity index (χ4n) is 2.70. The summed E-state index contributed by atoms with van der Waals surface area (Å²) in [4.78, 5) is -0.144. The number of hydrogen-bond donors (Lipinski definition) is 1. The van der Waals surface area contributed by atoms with Crippen molar-refractivity contribution < 1.29 is 26.3 Å². The Morgan fingerprint density at radius 2 is 1.52 bits per heavy atom. The molecule has 0 saturated heterocycles. The first-order valence-corrected chi connectivity index (χ1v) is 12.4. The molecule has 0 aliphatic rings. The quantitative estimate of drug-likeness (QED) is 0.559. The van der Waals surface area contributed by atoms with E-state index in [0.29, 0.717) is 17.6 Å². The third-order valence-electron chi connectivity index (χ3n) is 4.17. The minimum Gasteiger partial charge on any atom is -0.495 e. The highest BCUT2D eigenvalue weighted by atomic mass is 79.9. The second-order valence-electron chi connectivity index (χ2n) is 5.85. The maximum absolute atomic E-state index is 13.0. The molecule has 0 bridgehead atoms. The summed E-state index contributed by atoms with van der Waals surface area (Å²) in [6.45, 7) is 4.05. The summed E-state index contributed by atoms with van der Waals surface area (Å²) < 4.78 is 66.2. The molecule has 29 heavy (non-hydrogen) atoms. The number of benzene rings is 2. The van der Waals surface area contributed by atoms with Gasteiger partial charge in [0.05, 0.1) is 24.8 Å². The van der Waals surface area contributed by atoms with Crippen LogP contribution in [-0.2, 0) is 20.0 Å². The van der Waals surface area contributed by atoms with Crippen molar-refractivity contribution in [3.63, 3.8) is 0 Å². The van der Waals surface area contributed by atoms with E-state index in [1.807, 2.05) is 0 Å². The normalized spacial score (nSPS) is 12.1. The average molecular weight is 507 g/mol. The van der Waals surface area contributed by atoms with Crippen LogP contribution < -0.4 is 14.2 Å². The molecular formula is C18H23BrN2O6S2. The second kappa shape index (κ2) is 9.33. The highest BCUT2D eigenvalue weighted by molar-refractivity contribution is 9.10. The lowest BCUT2D eigenvalue weighted by Gasteiger charge is -2.20. The Bertz CT molecular complexity index is 1080. The molecule has 0 aliphatic carbocycles. The topological polar surface area (TPSA) is 102 Å². The van der Waals surface area contributed by atoms with Crippen molar-refractivity contribution in [2.75, 3.05) is 32.0 Å². The van der Waals surface area contributed by atoms with Crippen LogP contribution in [0.15, 0.2) is 50.7 Å². The molecule has 8 nitrogen and oxygen atoms in total. The third kappa shape index (κ3) is 5.03. The molecule has 1 N–H and O–H groups in total. The van der Waals surface area contributed by atoms with Gasteiger partial charge in [0.25, 0.3) is 10.0 Å². The van der Waals surface area contributed by atoms with Gasteiger partial charge in [-0.2, -0.15) is 4.31 Å². The van der Waals surface area contributed by atoms with E-state index in [4.69, 9.17) is 9.47 Å². The maximum atomic E-state index is 13.0. The van der Waals surface area contributed by atoms with Gasteiger partial charge in [-0.1, -0.05) is 29.8 Å². The number of nitrogens with zero attached hydrogens (tertiary/aromatic N) is 1. The molecule has 0 aliphatic heterocycles. The Morgan fingerprint density at radius 1 is 0.931 bits per heavy atom. The molecule has 0 fully saturated rings. The van der Waals surface area contributed by atoms with Crippen molar-refractivity contribution in [3.8, 4) is 11.5 Å². The summed E-state index contributed by atoms with van der Waals surface area (Å²) in [5.41, 5.74) is 0.00256. The molecule has 0 atom stereocenters. The zero-order valence-corrected chi connectivity index (χ0v) is 19.7. The number of sulfonamides is 2. The van der Waals surface area contributed by atoms with Crippen LogP contribution in [0.25, 0.3) is 0 Å². The molecule has 0 radical (unpaired) electrons. The summed E-state index contributed by atoms with van der Waals surface area (Å²) in [5.74, 6) is 0.326. The minimum absolute atomic E-state index is 0.00256. The monoisotopic (exact) mass is 506 g/mol. The average Bonchev–Trinajstić information content (AvgIpc) is 2.68. The largest absolute Gasteiger partial charge is 0.495 e. The summed E-state index contributed by atoms with van der Waals surface area (Å²) in [7, 11) is -5.15. The van der Waals surface area contributed by atoms with Gasteiger partial charge in [-0.15, -0.1) is 0 Å². The lowest BCUT2D eigenvalue weighted by molar-refractivity contribution is 0.402. The van der Waals surface area contributed by atoms with Crippen LogP contribution in [0.2, 0.25) is 0 Å². The molecular weight excluding hydrogens is 484 g/mol. The highest BCUT2D eigenvalue weighted by Crippen LogP contribution is 2.33. The van der Waals surface area contributed by atoms with E-state index in [1.165, 1.54) is 48.9 Å². The highest BCUT2D eigenvalue weighted by Gasteiger charge is 2.26. The van der Waals surface area contributed by atoms with Gasteiger partial charge in [0, 0.05) is 17.6 Å². The van der Waals surface area contributed by atoms with Gasteiger partial charge in [-0.3, -0.25) is 4.72 Å². The first-order chi connectivity index (χ1) is 13.6. The summed E-state index contributed by atoms with van der Waals surface area (Å²) in [6.07, 6.45) is 0. The van der Waals surface area contributed by atoms with Crippen LogP contribution in [0, 0.1) is 0 Å². The molecule has 0 unspecified atom stereocenters. The number of nitrogens with one attached hydrogen (secondary N) is 1. The lowest BCUT2D eigenvalue weighted by atomic mass is 10.3. The van der Waals surface area contributed by atoms with Crippen molar-refractivity contribution in [1.29, 1.82) is 0 Å². The standard InChI is InChI=1S/C18H23BrN2O6S2/c1-5-21(6-2)29(24,25)14-8-10-16(26-3)15(12-14)20-28(22,23)18-11-13(19)7-9-17(18)27-4/h7-12,20H,5-6H2,1-4H3. The predicted molar refractivity (Wildman–Crippen MR) is 115 cm³/mol. The molecule has 0 amide bonds. The SMILES string of the molecule is CCN(CC)S(=O)(=O)c1ccc(OC)c(NS(=O)(=O)c2cc(Br)ccc2OC)c1. The van der Waals surface area contributed by atoms with Gasteiger partial charge in [0.2, 0.25) is 10.0 Å². The fourth-order valence-corrected chi connectivity index (χ4v) is 5.95. The Labute approximate surface area is 180 Å². The zero-order valence-electron chi connectivity index (χ0n) is 16.5. The van der Waals surface area contributed by atoms with Crippen LogP contribution in [0.4, 0.5) is 5.69 Å². The van der Waals surface area contributed by atoms with Gasteiger partial charge in [0.15, 0.2) is 0 Å². The van der Waals surface area contributed by atoms with E-state index in [2.05, 4.69) is 20.7 Å². The second-order valence-corrected chi connectivity index (χ2v) is 10.4. The molecule has 11 heteroatoms. The molecule has 0 spiro atoms. The number of anilines is 1. The maximum Gasteiger partial charge on any atom is 0.265 e. The number of rotatable bonds is 9. The molecule has 2 rings (SSSR count). The van der Waals surface area contributed by atoms with Gasteiger partial charge in [-0.25, -0.2) is 16.8 Å². The Kier molecular flexibility index (Phi) is 7.55. The molecule has 0 aromatic heterocycles. The van der Waals surface area contributed by atoms with Gasteiger partial charge in [-0.05, 0) is 36.4 Å². The van der Waals surface area contributed by atoms with Crippen LogP contribution >= 0.6 is 15.9 Å². The summed E-state index contributed by atoms with van der Waals surface area (Å²) in [5, 5.41) is 0. The molecule has 2 aromatic rings.